The molecule has 1 amide bonds. The number of aliphatic hydroxyl groups excluding tert-OH is 4. The van der Waals surface area contributed by atoms with Crippen LogP contribution in [0.2, 0.25) is 0 Å². The van der Waals surface area contributed by atoms with E-state index in [1.807, 2.05) is 0 Å². The van der Waals surface area contributed by atoms with Gasteiger partial charge in [0.1, 0.15) is 12.2 Å². The van der Waals surface area contributed by atoms with E-state index in [1.165, 1.54) is 96.3 Å². The molecule has 0 aromatic rings. The van der Waals surface area contributed by atoms with Crippen LogP contribution in [0.5, 0.6) is 0 Å². The first-order valence-electron chi connectivity index (χ1n) is 21.0. The summed E-state index contributed by atoms with van der Waals surface area (Å²) in [7, 11) is 0. The fourth-order valence-electron chi connectivity index (χ4n) is 6.08. The van der Waals surface area contributed by atoms with Crippen LogP contribution in [0, 0.1) is 0 Å². The molecule has 0 aromatic carbocycles. The molecule has 6 heteroatoms. The predicted octanol–water partition coefficient (Wildman–Crippen LogP) is 10.7. The van der Waals surface area contributed by atoms with Gasteiger partial charge in [-0.25, -0.2) is 0 Å². The van der Waals surface area contributed by atoms with E-state index < -0.39 is 36.9 Å². The average molecular weight is 704 g/mol. The van der Waals surface area contributed by atoms with Gasteiger partial charge in [0, 0.05) is 0 Å². The Morgan fingerprint density at radius 1 is 0.480 bits per heavy atom. The monoisotopic (exact) mass is 704 g/mol. The van der Waals surface area contributed by atoms with Crippen molar-refractivity contribution in [2.24, 2.45) is 0 Å². The van der Waals surface area contributed by atoms with E-state index in [9.17, 15) is 25.2 Å². The molecular formula is C44H81NO5. The molecule has 0 rings (SSSR count). The lowest BCUT2D eigenvalue weighted by molar-refractivity contribution is -0.132. The summed E-state index contributed by atoms with van der Waals surface area (Å²) >= 11 is 0. The second kappa shape index (κ2) is 38.5. The Morgan fingerprint density at radius 3 is 1.28 bits per heavy atom. The second-order valence-corrected chi connectivity index (χ2v) is 14.3. The van der Waals surface area contributed by atoms with Crippen molar-refractivity contribution in [2.45, 2.75) is 218 Å². The van der Waals surface area contributed by atoms with Crippen molar-refractivity contribution in [3.05, 3.63) is 48.6 Å². The number of carbonyl (C=O) groups excluding carboxylic acids is 1. The molecule has 4 atom stereocenters. The summed E-state index contributed by atoms with van der Waals surface area (Å²) < 4.78 is 0. The van der Waals surface area contributed by atoms with Crippen LogP contribution in [0.25, 0.3) is 0 Å². The minimum Gasteiger partial charge on any atom is -0.394 e. The third-order valence-corrected chi connectivity index (χ3v) is 9.47. The molecule has 4 unspecified atom stereocenters. The molecule has 50 heavy (non-hydrogen) atoms. The van der Waals surface area contributed by atoms with Gasteiger partial charge in [-0.05, 0) is 89.9 Å². The molecule has 6 nitrogen and oxygen atoms in total. The minimum atomic E-state index is -1.30. The largest absolute Gasteiger partial charge is 0.394 e. The van der Waals surface area contributed by atoms with Crippen LogP contribution in [0.3, 0.4) is 0 Å². The Balaban J connectivity index is 3.87. The number of allylic oxidation sites excluding steroid dienone is 8. The highest BCUT2D eigenvalue weighted by Gasteiger charge is 2.28. The third kappa shape index (κ3) is 32.2. The lowest BCUT2D eigenvalue weighted by Gasteiger charge is -2.27. The number of aliphatic hydroxyl groups is 4. The van der Waals surface area contributed by atoms with Crippen LogP contribution in [0.1, 0.15) is 194 Å². The molecule has 0 aliphatic heterocycles. The first kappa shape index (κ1) is 48.3. The number of hydrogen-bond donors (Lipinski definition) is 5. The zero-order valence-corrected chi connectivity index (χ0v) is 32.6. The van der Waals surface area contributed by atoms with E-state index >= 15 is 0 Å². The summed E-state index contributed by atoms with van der Waals surface area (Å²) in [5.74, 6) is -0.607. The molecule has 0 aliphatic carbocycles. The van der Waals surface area contributed by atoms with Crippen molar-refractivity contribution in [2.75, 3.05) is 6.61 Å². The van der Waals surface area contributed by atoms with Crippen molar-refractivity contribution >= 4 is 5.91 Å². The van der Waals surface area contributed by atoms with E-state index in [4.69, 9.17) is 0 Å². The highest BCUT2D eigenvalue weighted by molar-refractivity contribution is 5.80. The third-order valence-electron chi connectivity index (χ3n) is 9.47. The summed E-state index contributed by atoms with van der Waals surface area (Å²) in [5.41, 5.74) is 0. The van der Waals surface area contributed by atoms with Gasteiger partial charge in [0.05, 0.1) is 18.8 Å². The normalized spacial score (nSPS) is 14.8. The van der Waals surface area contributed by atoms with Gasteiger partial charge in [0.2, 0.25) is 5.91 Å². The zero-order chi connectivity index (χ0) is 36.8. The molecule has 0 aliphatic rings. The molecule has 0 fully saturated rings. The van der Waals surface area contributed by atoms with Crippen LogP contribution < -0.4 is 5.32 Å². The second-order valence-electron chi connectivity index (χ2n) is 14.3. The van der Waals surface area contributed by atoms with Gasteiger partial charge >= 0.3 is 0 Å². The maximum absolute atomic E-state index is 12.5. The van der Waals surface area contributed by atoms with Crippen LogP contribution >= 0.6 is 0 Å². The van der Waals surface area contributed by atoms with Crippen LogP contribution in [-0.2, 0) is 4.79 Å². The summed E-state index contributed by atoms with van der Waals surface area (Å²) in [6, 6.07) is -1.01. The number of hydrogen-bond acceptors (Lipinski definition) is 5. The topological polar surface area (TPSA) is 110 Å². The molecule has 0 radical (unpaired) electrons. The molecular weight excluding hydrogens is 622 g/mol. The van der Waals surface area contributed by atoms with E-state index in [-0.39, 0.29) is 0 Å². The van der Waals surface area contributed by atoms with E-state index in [1.54, 1.807) is 0 Å². The predicted molar refractivity (Wildman–Crippen MR) is 214 cm³/mol. The quantitative estimate of drug-likeness (QED) is 0.0327. The number of nitrogens with one attached hydrogen (secondary N) is 1. The van der Waals surface area contributed by atoms with Gasteiger partial charge in [0.25, 0.3) is 0 Å². The number of carbonyl (C=O) groups is 1. The number of rotatable bonds is 37. The number of unbranched alkanes of at least 4 members (excludes halogenated alkanes) is 20. The van der Waals surface area contributed by atoms with Crippen molar-refractivity contribution < 1.29 is 25.2 Å². The van der Waals surface area contributed by atoms with Gasteiger partial charge in [-0.15, -0.1) is 0 Å². The van der Waals surface area contributed by atoms with Crippen LogP contribution in [0.4, 0.5) is 0 Å². The van der Waals surface area contributed by atoms with Gasteiger partial charge in [-0.3, -0.25) is 4.79 Å². The molecule has 0 aromatic heterocycles. The first-order valence-corrected chi connectivity index (χ1v) is 21.0. The van der Waals surface area contributed by atoms with Gasteiger partial charge in [0.15, 0.2) is 0 Å². The molecule has 292 valence electrons. The first-order chi connectivity index (χ1) is 24.5. The average Bonchev–Trinajstić information content (AvgIpc) is 3.12. The van der Waals surface area contributed by atoms with E-state index in [0.717, 1.165) is 64.2 Å². The van der Waals surface area contributed by atoms with Crippen molar-refractivity contribution in [3.63, 3.8) is 0 Å². The maximum atomic E-state index is 12.5. The van der Waals surface area contributed by atoms with Gasteiger partial charge < -0.3 is 25.7 Å². The Labute approximate surface area is 309 Å². The zero-order valence-electron chi connectivity index (χ0n) is 32.6. The summed E-state index contributed by atoms with van der Waals surface area (Å²) in [4.78, 5) is 12.5. The molecule has 0 spiro atoms. The fraction of sp³-hybridized carbons (Fsp3) is 0.795. The van der Waals surface area contributed by atoms with Crippen molar-refractivity contribution in [1.29, 1.82) is 0 Å². The standard InChI is InChI=1S/C44H81NO5/c1-3-5-7-9-11-13-15-17-19-20-21-22-23-24-26-27-29-31-33-35-37-41(47)43(49)40(39-46)45-44(50)42(48)38-36-34-32-30-28-25-18-16-14-12-10-8-6-4-2/h14,16,19-20,23-24,29,31,40-43,46-49H,3-13,15,17-18,21-22,25-28,30,32-39H2,1-2H3,(H,45,50)/b16-14-,20-19+,24-23+,31-29+. The van der Waals surface area contributed by atoms with Crippen LogP contribution in [-0.4, -0.2) is 57.3 Å². The van der Waals surface area contributed by atoms with Crippen molar-refractivity contribution in [3.8, 4) is 0 Å². The molecule has 0 saturated carbocycles. The maximum Gasteiger partial charge on any atom is 0.249 e. The summed E-state index contributed by atoms with van der Waals surface area (Å²) in [6.45, 7) is 4.00. The molecule has 0 heterocycles. The molecule has 0 bridgehead atoms. The highest BCUT2D eigenvalue weighted by Crippen LogP contribution is 2.13. The number of amides is 1. The Kier molecular flexibility index (Phi) is 37.2. The SMILES string of the molecule is CCCCCC/C=C\CCCCCCCCC(O)C(=O)NC(CO)C(O)C(O)CCC/C=C/CC/C=C/CC/C=C/CCCCCCCCC. The smallest absolute Gasteiger partial charge is 0.249 e. The Bertz CT molecular complexity index is 838. The minimum absolute atomic E-state index is 0.349. The van der Waals surface area contributed by atoms with Gasteiger partial charge in [-0.1, -0.05) is 152 Å². The van der Waals surface area contributed by atoms with Crippen LogP contribution in [0.15, 0.2) is 48.6 Å². The van der Waals surface area contributed by atoms with E-state index in [0.29, 0.717) is 19.3 Å². The molecule has 5 N–H and O–H groups in total. The summed E-state index contributed by atoms with van der Waals surface area (Å²) in [5, 5.41) is 43.5. The lowest BCUT2D eigenvalue weighted by Crippen LogP contribution is -2.53. The molecule has 0 saturated heterocycles. The Morgan fingerprint density at radius 2 is 0.840 bits per heavy atom. The summed E-state index contributed by atoms with van der Waals surface area (Å²) in [6.07, 6.45) is 45.6. The lowest BCUT2D eigenvalue weighted by atomic mass is 10.00. The van der Waals surface area contributed by atoms with Gasteiger partial charge in [-0.2, -0.15) is 0 Å². The highest BCUT2D eigenvalue weighted by atomic mass is 16.3. The van der Waals surface area contributed by atoms with E-state index in [2.05, 4.69) is 67.8 Å². The Hall–Kier alpha value is -1.73. The fourth-order valence-corrected chi connectivity index (χ4v) is 6.08. The van der Waals surface area contributed by atoms with Crippen molar-refractivity contribution in [1.82, 2.24) is 5.32 Å².